The van der Waals surface area contributed by atoms with Gasteiger partial charge in [0.1, 0.15) is 6.10 Å². The second-order valence-corrected chi connectivity index (χ2v) is 8.47. The van der Waals surface area contributed by atoms with Crippen LogP contribution < -0.4 is 0 Å². The van der Waals surface area contributed by atoms with Crippen LogP contribution in [0.3, 0.4) is 0 Å². The Morgan fingerprint density at radius 1 is 1.07 bits per heavy atom. The maximum Gasteiger partial charge on any atom is 0.339 e. The van der Waals surface area contributed by atoms with E-state index in [1.807, 2.05) is 71.0 Å². The number of esters is 1. The molecule has 2 heterocycles. The van der Waals surface area contributed by atoms with E-state index in [4.69, 9.17) is 14.2 Å². The lowest BCUT2D eigenvalue weighted by molar-refractivity contribution is -0.152. The maximum absolute atomic E-state index is 12.8. The van der Waals surface area contributed by atoms with Crippen LogP contribution in [0.1, 0.15) is 55.6 Å². The van der Waals surface area contributed by atoms with E-state index < -0.39 is 11.9 Å². The summed E-state index contributed by atoms with van der Waals surface area (Å²) in [6.07, 6.45) is 6.73. The van der Waals surface area contributed by atoms with Gasteiger partial charge in [0.2, 0.25) is 0 Å². The minimum Gasteiger partial charge on any atom is -0.462 e. The summed E-state index contributed by atoms with van der Waals surface area (Å²) >= 11 is 0. The minimum atomic E-state index is -0.810. The molecule has 0 aliphatic carbocycles. The Kier molecular flexibility index (Phi) is 6.39. The highest BCUT2D eigenvalue weighted by Crippen LogP contribution is 2.31. The molecule has 0 aromatic heterocycles. The van der Waals surface area contributed by atoms with Gasteiger partial charge in [-0.1, -0.05) is 50.3 Å². The van der Waals surface area contributed by atoms with Crippen molar-refractivity contribution >= 4 is 17.8 Å². The minimum absolute atomic E-state index is 0.0696. The molecule has 4 atom stereocenters. The summed E-state index contributed by atoms with van der Waals surface area (Å²) in [5.74, 6) is -1.09. The van der Waals surface area contributed by atoms with Crippen molar-refractivity contribution in [2.24, 2.45) is 11.8 Å². The third-order valence-corrected chi connectivity index (χ3v) is 5.58. The third kappa shape index (κ3) is 5.03. The number of hydrogen-bond acceptors (Lipinski definition) is 5. The Morgan fingerprint density at radius 3 is 2.59 bits per heavy atom. The Labute approximate surface area is 172 Å². The number of hydrogen-bond donors (Lipinski definition) is 0. The molecule has 0 saturated carbocycles. The van der Waals surface area contributed by atoms with E-state index in [1.54, 1.807) is 6.08 Å². The van der Waals surface area contributed by atoms with Gasteiger partial charge < -0.3 is 14.2 Å². The van der Waals surface area contributed by atoms with Gasteiger partial charge in [0, 0.05) is 0 Å². The molecule has 1 aromatic carbocycles. The predicted molar refractivity (Wildman–Crippen MR) is 111 cm³/mol. The van der Waals surface area contributed by atoms with Crippen molar-refractivity contribution in [3.8, 4) is 0 Å². The van der Waals surface area contributed by atoms with E-state index in [2.05, 4.69) is 0 Å². The van der Waals surface area contributed by atoms with Crippen molar-refractivity contribution in [2.45, 2.75) is 59.0 Å². The van der Waals surface area contributed by atoms with E-state index in [0.717, 1.165) is 11.1 Å². The van der Waals surface area contributed by atoms with Crippen LogP contribution >= 0.6 is 0 Å². The molecule has 5 heteroatoms. The molecule has 0 N–H and O–H groups in total. The van der Waals surface area contributed by atoms with Crippen LogP contribution in [0.2, 0.25) is 0 Å². The highest BCUT2D eigenvalue weighted by molar-refractivity contribution is 5.95. The number of cyclic esters (lactones) is 1. The molecule has 29 heavy (non-hydrogen) atoms. The Balaban J connectivity index is 1.97. The van der Waals surface area contributed by atoms with Crippen LogP contribution in [0.5, 0.6) is 0 Å². The number of benzene rings is 1. The number of rotatable bonds is 0. The molecule has 0 radical (unpaired) electrons. The molecule has 3 rings (SSSR count). The lowest BCUT2D eigenvalue weighted by Gasteiger charge is -2.18. The fourth-order valence-corrected chi connectivity index (χ4v) is 3.65. The van der Waals surface area contributed by atoms with Crippen LogP contribution in [0, 0.1) is 18.8 Å². The molecule has 156 valence electrons. The van der Waals surface area contributed by atoms with Crippen molar-refractivity contribution in [3.05, 3.63) is 53.1 Å². The molecule has 0 spiro atoms. The van der Waals surface area contributed by atoms with Crippen LogP contribution in [0.15, 0.2) is 36.4 Å². The first-order valence-corrected chi connectivity index (χ1v) is 10.2. The lowest BCUT2D eigenvalue weighted by Crippen LogP contribution is -2.30. The molecule has 0 unspecified atom stereocenters. The number of allylic oxidation sites excluding steroid dienone is 1. The Hall–Kier alpha value is -2.24. The third-order valence-electron chi connectivity index (χ3n) is 5.58. The van der Waals surface area contributed by atoms with E-state index in [-0.39, 0.29) is 36.3 Å². The van der Waals surface area contributed by atoms with E-state index in [0.29, 0.717) is 12.0 Å². The fraction of sp³-hybridized carbons (Fsp3) is 0.500. The summed E-state index contributed by atoms with van der Waals surface area (Å²) in [4.78, 5) is 25.5. The molecule has 0 amide bonds. The molecular weight excluding hydrogens is 368 g/mol. The number of fused-ring (bicyclic) bond motifs is 2. The molecule has 1 fully saturated rings. The first kappa shape index (κ1) is 21.5. The fourth-order valence-electron chi connectivity index (χ4n) is 3.65. The predicted octanol–water partition coefficient (Wildman–Crippen LogP) is 4.49. The largest absolute Gasteiger partial charge is 0.462 e. The van der Waals surface area contributed by atoms with Crippen molar-refractivity contribution in [1.82, 2.24) is 0 Å². The molecular formula is C24H30O5. The standard InChI is InChI=1S/C24H30O5/c1-15-12-13-19(25)22-20(28-24(4,5)29-22)11-7-10-18-9-6-8-16(2)21(18)23(26)27-14-17(15)3/h6-10,12-13,15,17,20,22H,11,14H2,1-5H3/b10-7+,13-12-/t15-,17-,20+,22-/m1/s1. The summed E-state index contributed by atoms with van der Waals surface area (Å²) < 4.78 is 17.4. The summed E-state index contributed by atoms with van der Waals surface area (Å²) in [5.41, 5.74) is 2.24. The average molecular weight is 398 g/mol. The van der Waals surface area contributed by atoms with Crippen molar-refractivity contribution in [2.75, 3.05) is 6.61 Å². The van der Waals surface area contributed by atoms with Gasteiger partial charge in [0.25, 0.3) is 0 Å². The first-order valence-electron chi connectivity index (χ1n) is 10.2. The Bertz CT molecular complexity index is 836. The quantitative estimate of drug-likeness (QED) is 0.603. The van der Waals surface area contributed by atoms with Gasteiger partial charge in [0.15, 0.2) is 11.6 Å². The van der Waals surface area contributed by atoms with E-state index in [1.165, 1.54) is 0 Å². The zero-order valence-electron chi connectivity index (χ0n) is 17.8. The molecule has 2 aliphatic heterocycles. The van der Waals surface area contributed by atoms with Crippen LogP contribution in [-0.2, 0) is 19.0 Å². The van der Waals surface area contributed by atoms with Crippen molar-refractivity contribution < 1.29 is 23.8 Å². The molecule has 1 saturated heterocycles. The summed E-state index contributed by atoms with van der Waals surface area (Å²) in [6.45, 7) is 9.84. The second kappa shape index (κ2) is 8.64. The maximum atomic E-state index is 12.8. The normalized spacial score (nSPS) is 32.3. The van der Waals surface area contributed by atoms with Gasteiger partial charge in [-0.3, -0.25) is 4.79 Å². The zero-order chi connectivity index (χ0) is 21.2. The lowest BCUT2D eigenvalue weighted by atomic mass is 9.95. The molecule has 1 aromatic rings. The van der Waals surface area contributed by atoms with Gasteiger partial charge in [-0.05, 0) is 56.2 Å². The topological polar surface area (TPSA) is 61.8 Å². The van der Waals surface area contributed by atoms with Crippen LogP contribution in [0.25, 0.3) is 6.08 Å². The highest BCUT2D eigenvalue weighted by Gasteiger charge is 2.43. The number of carbonyl (C=O) groups excluding carboxylic acids is 2. The molecule has 2 aliphatic rings. The molecule has 5 nitrogen and oxygen atoms in total. The van der Waals surface area contributed by atoms with Crippen molar-refractivity contribution in [1.29, 1.82) is 0 Å². The van der Waals surface area contributed by atoms with Crippen molar-refractivity contribution in [3.63, 3.8) is 0 Å². The zero-order valence-corrected chi connectivity index (χ0v) is 17.8. The first-order chi connectivity index (χ1) is 13.7. The number of ether oxygens (including phenoxy) is 3. The van der Waals surface area contributed by atoms with E-state index in [9.17, 15) is 9.59 Å². The van der Waals surface area contributed by atoms with Gasteiger partial charge in [-0.25, -0.2) is 4.79 Å². The summed E-state index contributed by atoms with van der Waals surface area (Å²) in [5, 5.41) is 0. The van der Waals surface area contributed by atoms with Gasteiger partial charge in [0.05, 0.1) is 18.3 Å². The average Bonchev–Trinajstić information content (AvgIpc) is 2.97. The smallest absolute Gasteiger partial charge is 0.339 e. The number of carbonyl (C=O) groups is 2. The second-order valence-electron chi connectivity index (χ2n) is 8.47. The Morgan fingerprint density at radius 2 is 1.83 bits per heavy atom. The summed E-state index contributed by atoms with van der Waals surface area (Å²) in [7, 11) is 0. The van der Waals surface area contributed by atoms with Gasteiger partial charge >= 0.3 is 5.97 Å². The van der Waals surface area contributed by atoms with Crippen LogP contribution in [0.4, 0.5) is 0 Å². The van der Waals surface area contributed by atoms with E-state index >= 15 is 0 Å². The number of ketones is 1. The van der Waals surface area contributed by atoms with Crippen LogP contribution in [-0.4, -0.2) is 36.4 Å². The summed E-state index contributed by atoms with van der Waals surface area (Å²) in [6, 6.07) is 5.71. The highest BCUT2D eigenvalue weighted by atomic mass is 16.8. The van der Waals surface area contributed by atoms with Gasteiger partial charge in [-0.2, -0.15) is 0 Å². The monoisotopic (exact) mass is 398 g/mol. The number of aryl methyl sites for hydroxylation is 1. The SMILES string of the molecule is Cc1cccc2c1C(=O)OC[C@@H](C)[C@H](C)/C=C\C(=O)[C@H]1OC(C)(C)O[C@H]1C/C=C/2. The van der Waals surface area contributed by atoms with Gasteiger partial charge in [-0.15, -0.1) is 0 Å². The molecule has 0 bridgehead atoms.